The van der Waals surface area contributed by atoms with E-state index in [0.717, 1.165) is 42.1 Å². The SMILES string of the molecule is CCc1cc(C(Cc2ccccc2OC)NN)n(CC)n1. The van der Waals surface area contributed by atoms with E-state index in [1.807, 2.05) is 22.9 Å². The van der Waals surface area contributed by atoms with Crippen molar-refractivity contribution in [1.82, 2.24) is 15.2 Å². The number of hydrazine groups is 1. The average molecular weight is 288 g/mol. The fraction of sp³-hybridized carbons (Fsp3) is 0.438. The molecular weight excluding hydrogens is 264 g/mol. The molecule has 114 valence electrons. The topological polar surface area (TPSA) is 65.1 Å². The predicted molar refractivity (Wildman–Crippen MR) is 84.0 cm³/mol. The number of methoxy groups -OCH3 is 1. The van der Waals surface area contributed by atoms with E-state index in [4.69, 9.17) is 10.6 Å². The molecule has 5 heteroatoms. The summed E-state index contributed by atoms with van der Waals surface area (Å²) in [5.74, 6) is 6.67. The molecule has 0 aliphatic heterocycles. The number of aryl methyl sites for hydroxylation is 2. The minimum Gasteiger partial charge on any atom is -0.496 e. The second-order valence-corrected chi connectivity index (χ2v) is 4.97. The number of nitrogens with zero attached hydrogens (tertiary/aromatic N) is 2. The van der Waals surface area contributed by atoms with E-state index in [0.29, 0.717) is 0 Å². The van der Waals surface area contributed by atoms with Gasteiger partial charge in [-0.15, -0.1) is 0 Å². The fourth-order valence-electron chi connectivity index (χ4n) is 2.53. The minimum absolute atomic E-state index is 0.00838. The molecule has 21 heavy (non-hydrogen) atoms. The van der Waals surface area contributed by atoms with E-state index < -0.39 is 0 Å². The van der Waals surface area contributed by atoms with Crippen molar-refractivity contribution in [1.29, 1.82) is 0 Å². The van der Waals surface area contributed by atoms with Crippen LogP contribution in [0, 0.1) is 0 Å². The zero-order chi connectivity index (χ0) is 15.2. The molecular formula is C16H24N4O. The summed E-state index contributed by atoms with van der Waals surface area (Å²) in [5, 5.41) is 4.59. The Morgan fingerprint density at radius 2 is 2.10 bits per heavy atom. The van der Waals surface area contributed by atoms with Crippen molar-refractivity contribution < 1.29 is 4.74 Å². The molecule has 0 bridgehead atoms. The van der Waals surface area contributed by atoms with Crippen molar-refractivity contribution in [3.8, 4) is 5.75 Å². The quantitative estimate of drug-likeness (QED) is 0.605. The van der Waals surface area contributed by atoms with Crippen LogP contribution in [-0.4, -0.2) is 16.9 Å². The van der Waals surface area contributed by atoms with Gasteiger partial charge in [-0.1, -0.05) is 25.1 Å². The zero-order valence-electron chi connectivity index (χ0n) is 13.0. The van der Waals surface area contributed by atoms with Crippen LogP contribution < -0.4 is 16.0 Å². The van der Waals surface area contributed by atoms with Gasteiger partial charge in [-0.25, -0.2) is 0 Å². The van der Waals surface area contributed by atoms with Gasteiger partial charge in [-0.2, -0.15) is 5.10 Å². The van der Waals surface area contributed by atoms with Gasteiger partial charge in [-0.05, 0) is 37.5 Å². The molecule has 0 radical (unpaired) electrons. The van der Waals surface area contributed by atoms with E-state index in [2.05, 4.69) is 36.5 Å². The first-order chi connectivity index (χ1) is 10.2. The van der Waals surface area contributed by atoms with Crippen LogP contribution in [0.3, 0.4) is 0 Å². The lowest BCUT2D eigenvalue weighted by atomic mass is 10.0. The third kappa shape index (κ3) is 3.43. The van der Waals surface area contributed by atoms with Gasteiger partial charge < -0.3 is 4.74 Å². The van der Waals surface area contributed by atoms with E-state index in [1.54, 1.807) is 7.11 Å². The molecule has 0 amide bonds. The maximum absolute atomic E-state index is 5.79. The van der Waals surface area contributed by atoms with Gasteiger partial charge in [0.05, 0.1) is 24.5 Å². The lowest BCUT2D eigenvalue weighted by Crippen LogP contribution is -2.31. The Kier molecular flexibility index (Phi) is 5.36. The van der Waals surface area contributed by atoms with Crippen molar-refractivity contribution in [2.75, 3.05) is 7.11 Å². The first kappa shape index (κ1) is 15.5. The number of nitrogens with two attached hydrogens (primary N) is 1. The highest BCUT2D eigenvalue weighted by atomic mass is 16.5. The first-order valence-corrected chi connectivity index (χ1v) is 7.38. The van der Waals surface area contributed by atoms with Crippen LogP contribution in [0.4, 0.5) is 0 Å². The maximum atomic E-state index is 5.79. The Balaban J connectivity index is 2.29. The van der Waals surface area contributed by atoms with E-state index in [-0.39, 0.29) is 6.04 Å². The Morgan fingerprint density at radius 1 is 1.33 bits per heavy atom. The lowest BCUT2D eigenvalue weighted by Gasteiger charge is -2.18. The molecule has 2 rings (SSSR count). The summed E-state index contributed by atoms with van der Waals surface area (Å²) in [5.41, 5.74) is 6.25. The summed E-state index contributed by atoms with van der Waals surface area (Å²) in [6.45, 7) is 5.03. The van der Waals surface area contributed by atoms with Crippen LogP contribution in [0.15, 0.2) is 30.3 Å². The van der Waals surface area contributed by atoms with Crippen LogP contribution in [0.5, 0.6) is 5.75 Å². The standard InChI is InChI=1S/C16H24N4O/c1-4-13-11-15(20(5-2)19-13)14(18-17)10-12-8-6-7-9-16(12)21-3/h6-9,11,14,18H,4-5,10,17H2,1-3H3. The Labute approximate surface area is 126 Å². The molecule has 0 fully saturated rings. The van der Waals surface area contributed by atoms with Gasteiger partial charge in [0.25, 0.3) is 0 Å². The summed E-state index contributed by atoms with van der Waals surface area (Å²) < 4.78 is 7.43. The molecule has 0 aliphatic rings. The summed E-state index contributed by atoms with van der Waals surface area (Å²) in [4.78, 5) is 0. The lowest BCUT2D eigenvalue weighted by molar-refractivity contribution is 0.403. The second-order valence-electron chi connectivity index (χ2n) is 4.97. The van der Waals surface area contributed by atoms with Gasteiger partial charge >= 0.3 is 0 Å². The summed E-state index contributed by atoms with van der Waals surface area (Å²) in [7, 11) is 1.69. The van der Waals surface area contributed by atoms with E-state index in [9.17, 15) is 0 Å². The summed E-state index contributed by atoms with van der Waals surface area (Å²) in [6, 6.07) is 10.2. The number of rotatable bonds is 7. The molecule has 0 aliphatic carbocycles. The van der Waals surface area contributed by atoms with Crippen molar-refractivity contribution in [2.45, 2.75) is 39.3 Å². The van der Waals surface area contributed by atoms with E-state index >= 15 is 0 Å². The van der Waals surface area contributed by atoms with Gasteiger partial charge in [0.15, 0.2) is 0 Å². The van der Waals surface area contributed by atoms with Gasteiger partial charge in [0, 0.05) is 6.54 Å². The number of nitrogens with one attached hydrogen (secondary N) is 1. The normalized spacial score (nSPS) is 12.4. The smallest absolute Gasteiger partial charge is 0.122 e. The third-order valence-electron chi connectivity index (χ3n) is 3.70. The Hall–Kier alpha value is -1.85. The van der Waals surface area contributed by atoms with Crippen LogP contribution >= 0.6 is 0 Å². The second kappa shape index (κ2) is 7.24. The first-order valence-electron chi connectivity index (χ1n) is 7.38. The molecule has 1 unspecified atom stereocenters. The molecule has 1 atom stereocenters. The molecule has 1 heterocycles. The number of hydrogen-bond donors (Lipinski definition) is 2. The molecule has 2 aromatic rings. The number of benzene rings is 1. The van der Waals surface area contributed by atoms with Crippen LogP contribution in [-0.2, 0) is 19.4 Å². The number of hydrogen-bond acceptors (Lipinski definition) is 4. The summed E-state index contributed by atoms with van der Waals surface area (Å²) in [6.07, 6.45) is 1.68. The number of aromatic nitrogens is 2. The van der Waals surface area contributed by atoms with Crippen molar-refractivity contribution in [2.24, 2.45) is 5.84 Å². The number of para-hydroxylation sites is 1. The Bertz CT molecular complexity index is 579. The average Bonchev–Trinajstić information content (AvgIpc) is 2.96. The zero-order valence-corrected chi connectivity index (χ0v) is 13.0. The monoisotopic (exact) mass is 288 g/mol. The number of ether oxygens (including phenoxy) is 1. The molecule has 0 spiro atoms. The van der Waals surface area contributed by atoms with Crippen molar-refractivity contribution in [3.05, 3.63) is 47.3 Å². The van der Waals surface area contributed by atoms with Crippen molar-refractivity contribution in [3.63, 3.8) is 0 Å². The van der Waals surface area contributed by atoms with Crippen LogP contribution in [0.2, 0.25) is 0 Å². The van der Waals surface area contributed by atoms with Crippen LogP contribution in [0.25, 0.3) is 0 Å². The predicted octanol–water partition coefficient (Wildman–Crippen LogP) is 2.22. The molecule has 1 aromatic carbocycles. The molecule has 5 nitrogen and oxygen atoms in total. The minimum atomic E-state index is 0.00838. The highest BCUT2D eigenvalue weighted by molar-refractivity contribution is 5.34. The molecule has 3 N–H and O–H groups in total. The maximum Gasteiger partial charge on any atom is 0.122 e. The molecule has 0 saturated carbocycles. The highest BCUT2D eigenvalue weighted by Crippen LogP contribution is 2.25. The van der Waals surface area contributed by atoms with Gasteiger partial charge in [0.1, 0.15) is 5.75 Å². The van der Waals surface area contributed by atoms with Crippen LogP contribution in [0.1, 0.15) is 36.8 Å². The third-order valence-corrected chi connectivity index (χ3v) is 3.70. The van der Waals surface area contributed by atoms with E-state index in [1.165, 1.54) is 0 Å². The largest absolute Gasteiger partial charge is 0.496 e. The van der Waals surface area contributed by atoms with Gasteiger partial charge in [0.2, 0.25) is 0 Å². The Morgan fingerprint density at radius 3 is 2.71 bits per heavy atom. The molecule has 0 saturated heterocycles. The molecule has 1 aromatic heterocycles. The van der Waals surface area contributed by atoms with Gasteiger partial charge in [-0.3, -0.25) is 16.0 Å². The summed E-state index contributed by atoms with van der Waals surface area (Å²) >= 11 is 0. The fourth-order valence-corrected chi connectivity index (χ4v) is 2.53. The highest BCUT2D eigenvalue weighted by Gasteiger charge is 2.18. The van der Waals surface area contributed by atoms with Crippen molar-refractivity contribution >= 4 is 0 Å².